The highest BCUT2D eigenvalue weighted by atomic mass is 19.1. The van der Waals surface area contributed by atoms with Crippen LogP contribution in [0.25, 0.3) is 0 Å². The van der Waals surface area contributed by atoms with Crippen LogP contribution >= 0.6 is 0 Å². The molecule has 1 aromatic carbocycles. The van der Waals surface area contributed by atoms with E-state index in [2.05, 4.69) is 43.1 Å². The first kappa shape index (κ1) is 17.2. The van der Waals surface area contributed by atoms with E-state index in [0.717, 1.165) is 44.5 Å². The molecule has 0 radical (unpaired) electrons. The van der Waals surface area contributed by atoms with Gasteiger partial charge in [0.2, 0.25) is 0 Å². The highest BCUT2D eigenvalue weighted by Crippen LogP contribution is 2.51. The van der Waals surface area contributed by atoms with Crippen LogP contribution in [0, 0.1) is 17.7 Å². The van der Waals surface area contributed by atoms with E-state index >= 15 is 0 Å². The molecule has 24 heavy (non-hydrogen) atoms. The predicted molar refractivity (Wildman–Crippen MR) is 96.6 cm³/mol. The Bertz CT molecular complexity index is 631. The summed E-state index contributed by atoms with van der Waals surface area (Å²) in [7, 11) is 0. The molecule has 2 aliphatic rings. The van der Waals surface area contributed by atoms with E-state index in [9.17, 15) is 9.50 Å². The van der Waals surface area contributed by atoms with E-state index in [0.29, 0.717) is 5.92 Å². The van der Waals surface area contributed by atoms with Gasteiger partial charge in [-0.3, -0.25) is 0 Å². The number of nitrogens with zero attached hydrogens (tertiary/aromatic N) is 1. The van der Waals surface area contributed by atoms with Gasteiger partial charge in [-0.15, -0.1) is 0 Å². The van der Waals surface area contributed by atoms with Crippen molar-refractivity contribution >= 4 is 0 Å². The molecular weight excluding hydrogens is 301 g/mol. The SMILES string of the molecule is CCC1C=CC=CC1(c1cc(F)ccc1O)C1CCN(CC)CC1. The Morgan fingerprint density at radius 1 is 1.21 bits per heavy atom. The number of halogens is 1. The third-order valence-corrected chi connectivity index (χ3v) is 6.02. The van der Waals surface area contributed by atoms with Crippen LogP contribution in [-0.4, -0.2) is 29.6 Å². The van der Waals surface area contributed by atoms with E-state index in [4.69, 9.17) is 0 Å². The first-order chi connectivity index (χ1) is 11.6. The number of allylic oxidation sites excluding steroid dienone is 4. The van der Waals surface area contributed by atoms with Gasteiger partial charge < -0.3 is 10.0 Å². The molecule has 2 nitrogen and oxygen atoms in total. The van der Waals surface area contributed by atoms with Gasteiger partial charge in [-0.05, 0) is 68.9 Å². The van der Waals surface area contributed by atoms with Gasteiger partial charge in [0.05, 0.1) is 0 Å². The van der Waals surface area contributed by atoms with Crippen molar-refractivity contribution in [3.63, 3.8) is 0 Å². The Labute approximate surface area is 144 Å². The molecule has 2 atom stereocenters. The number of benzene rings is 1. The zero-order valence-corrected chi connectivity index (χ0v) is 14.7. The second-order valence-electron chi connectivity index (χ2n) is 7.06. The number of aromatic hydroxyl groups is 1. The van der Waals surface area contributed by atoms with Crippen LogP contribution in [0.3, 0.4) is 0 Å². The number of likely N-dealkylation sites (tertiary alicyclic amines) is 1. The first-order valence-electron chi connectivity index (χ1n) is 9.19. The van der Waals surface area contributed by atoms with Gasteiger partial charge in [-0.2, -0.15) is 0 Å². The average molecular weight is 329 g/mol. The van der Waals surface area contributed by atoms with Crippen LogP contribution in [0.5, 0.6) is 5.75 Å². The third kappa shape index (κ3) is 2.90. The summed E-state index contributed by atoms with van der Waals surface area (Å²) >= 11 is 0. The van der Waals surface area contributed by atoms with Gasteiger partial charge in [0.15, 0.2) is 0 Å². The van der Waals surface area contributed by atoms with E-state index < -0.39 is 0 Å². The minimum atomic E-state index is -0.310. The molecular formula is C21H28FNO. The highest BCUT2D eigenvalue weighted by molar-refractivity contribution is 5.47. The van der Waals surface area contributed by atoms with Crippen molar-refractivity contribution < 1.29 is 9.50 Å². The molecule has 3 heteroatoms. The molecule has 1 N–H and O–H groups in total. The number of piperidine rings is 1. The molecule has 1 fully saturated rings. The van der Waals surface area contributed by atoms with Crippen LogP contribution < -0.4 is 0 Å². The van der Waals surface area contributed by atoms with Crippen molar-refractivity contribution in [2.75, 3.05) is 19.6 Å². The van der Waals surface area contributed by atoms with Gasteiger partial charge in [0, 0.05) is 11.0 Å². The van der Waals surface area contributed by atoms with Gasteiger partial charge >= 0.3 is 0 Å². The number of phenolic OH excluding ortho intramolecular Hbond substituents is 1. The quantitative estimate of drug-likeness (QED) is 0.869. The van der Waals surface area contributed by atoms with Gasteiger partial charge in [-0.1, -0.05) is 38.2 Å². The summed E-state index contributed by atoms with van der Waals surface area (Å²) in [5, 5.41) is 10.6. The lowest BCUT2D eigenvalue weighted by molar-refractivity contribution is 0.126. The molecule has 1 aromatic rings. The summed E-state index contributed by atoms with van der Waals surface area (Å²) in [6, 6.07) is 4.40. The normalized spacial score (nSPS) is 28.4. The zero-order valence-electron chi connectivity index (χ0n) is 14.7. The molecule has 0 bridgehead atoms. The maximum absolute atomic E-state index is 14.0. The van der Waals surface area contributed by atoms with Crippen molar-refractivity contribution in [2.24, 2.45) is 11.8 Å². The Morgan fingerprint density at radius 3 is 2.62 bits per heavy atom. The largest absolute Gasteiger partial charge is 0.508 e. The van der Waals surface area contributed by atoms with Crippen LogP contribution in [-0.2, 0) is 5.41 Å². The molecule has 0 amide bonds. The molecule has 1 aliphatic carbocycles. The average Bonchev–Trinajstić information content (AvgIpc) is 2.63. The lowest BCUT2D eigenvalue weighted by atomic mass is 9.57. The summed E-state index contributed by atoms with van der Waals surface area (Å²) in [5.41, 5.74) is 0.445. The van der Waals surface area contributed by atoms with Crippen molar-refractivity contribution in [2.45, 2.75) is 38.5 Å². The van der Waals surface area contributed by atoms with Gasteiger partial charge in [0.25, 0.3) is 0 Å². The molecule has 0 saturated carbocycles. The number of rotatable bonds is 4. The van der Waals surface area contributed by atoms with E-state index in [-0.39, 0.29) is 22.9 Å². The molecule has 3 rings (SSSR count). The highest BCUT2D eigenvalue weighted by Gasteiger charge is 2.46. The Balaban J connectivity index is 2.07. The predicted octanol–water partition coefficient (Wildman–Crippen LogP) is 4.65. The van der Waals surface area contributed by atoms with Crippen molar-refractivity contribution in [1.82, 2.24) is 4.90 Å². The monoisotopic (exact) mass is 329 g/mol. The fourth-order valence-corrected chi connectivity index (χ4v) is 4.70. The summed E-state index contributed by atoms with van der Waals surface area (Å²) in [6.45, 7) is 7.62. The van der Waals surface area contributed by atoms with Gasteiger partial charge in [-0.25, -0.2) is 4.39 Å². The topological polar surface area (TPSA) is 23.5 Å². The zero-order chi connectivity index (χ0) is 17.2. The molecule has 1 aliphatic heterocycles. The van der Waals surface area contributed by atoms with Crippen LogP contribution in [0.15, 0.2) is 42.5 Å². The third-order valence-electron chi connectivity index (χ3n) is 6.02. The Kier molecular flexibility index (Phi) is 5.09. The van der Waals surface area contributed by atoms with Gasteiger partial charge in [0.1, 0.15) is 11.6 Å². The fraction of sp³-hybridized carbons (Fsp3) is 0.524. The van der Waals surface area contributed by atoms with Crippen LogP contribution in [0.4, 0.5) is 4.39 Å². The summed E-state index contributed by atoms with van der Waals surface area (Å²) in [4.78, 5) is 2.47. The number of hydrogen-bond donors (Lipinski definition) is 1. The molecule has 0 spiro atoms. The minimum Gasteiger partial charge on any atom is -0.508 e. The summed E-state index contributed by atoms with van der Waals surface area (Å²) in [6.07, 6.45) is 11.8. The van der Waals surface area contributed by atoms with Crippen molar-refractivity contribution in [3.05, 3.63) is 53.9 Å². The molecule has 0 aromatic heterocycles. The lowest BCUT2D eigenvalue weighted by Crippen LogP contribution is -2.46. The van der Waals surface area contributed by atoms with Crippen molar-refractivity contribution in [1.29, 1.82) is 0 Å². The van der Waals surface area contributed by atoms with E-state index in [1.54, 1.807) is 6.07 Å². The molecule has 1 saturated heterocycles. The Hall–Kier alpha value is -1.61. The molecule has 2 unspecified atom stereocenters. The lowest BCUT2D eigenvalue weighted by Gasteiger charge is -2.48. The van der Waals surface area contributed by atoms with E-state index in [1.165, 1.54) is 12.1 Å². The van der Waals surface area contributed by atoms with Crippen molar-refractivity contribution in [3.8, 4) is 5.75 Å². The van der Waals surface area contributed by atoms with E-state index in [1.807, 2.05) is 0 Å². The second-order valence-corrected chi connectivity index (χ2v) is 7.06. The summed E-state index contributed by atoms with van der Waals surface area (Å²) < 4.78 is 14.0. The number of phenols is 1. The maximum Gasteiger partial charge on any atom is 0.123 e. The van der Waals surface area contributed by atoms with Crippen LogP contribution in [0.1, 0.15) is 38.7 Å². The fourth-order valence-electron chi connectivity index (χ4n) is 4.70. The summed E-state index contributed by atoms with van der Waals surface area (Å²) in [5.74, 6) is 0.645. The van der Waals surface area contributed by atoms with Crippen LogP contribution in [0.2, 0.25) is 0 Å². The standard InChI is InChI=1S/C21H28FNO/c1-3-16-7-5-6-12-21(16,17-10-13-23(4-2)14-11-17)19-15-18(22)8-9-20(19)24/h5-9,12,15-17,24H,3-4,10-11,13-14H2,1-2H3. The maximum atomic E-state index is 14.0. The smallest absolute Gasteiger partial charge is 0.123 e. The minimum absolute atomic E-state index is 0.215. The molecule has 130 valence electrons. The number of hydrogen-bond acceptors (Lipinski definition) is 2. The molecule has 1 heterocycles. The first-order valence-corrected chi connectivity index (χ1v) is 9.19. The Morgan fingerprint density at radius 2 is 1.96 bits per heavy atom. The second kappa shape index (κ2) is 7.10.